The summed E-state index contributed by atoms with van der Waals surface area (Å²) >= 11 is 14.0. The average molecular weight is 776 g/mol. The zero-order chi connectivity index (χ0) is 37.9. The molecule has 3 aromatic heterocycles. The molecule has 1 atom stereocenters. The number of carbonyl (C=O) groups is 3. The van der Waals surface area contributed by atoms with Gasteiger partial charge in [-0.2, -0.15) is 0 Å². The van der Waals surface area contributed by atoms with Gasteiger partial charge in [0, 0.05) is 81.5 Å². The molecule has 4 aromatic rings. The van der Waals surface area contributed by atoms with Crippen molar-refractivity contribution in [1.82, 2.24) is 35.1 Å². The van der Waals surface area contributed by atoms with Crippen molar-refractivity contribution in [3.63, 3.8) is 0 Å². The van der Waals surface area contributed by atoms with Gasteiger partial charge in [0.05, 0.1) is 51.5 Å². The van der Waals surface area contributed by atoms with Gasteiger partial charge in [0.2, 0.25) is 11.8 Å². The number of halogens is 2. The number of benzene rings is 1. The van der Waals surface area contributed by atoms with Crippen molar-refractivity contribution >= 4 is 46.7 Å². The third kappa shape index (κ3) is 8.09. The maximum Gasteiger partial charge on any atom is 0.306 e. The van der Waals surface area contributed by atoms with Crippen LogP contribution in [-0.2, 0) is 36.1 Å². The van der Waals surface area contributed by atoms with E-state index in [2.05, 4.69) is 25.8 Å². The predicted molar refractivity (Wildman–Crippen MR) is 206 cm³/mol. The molecule has 1 aliphatic carbocycles. The summed E-state index contributed by atoms with van der Waals surface area (Å²) in [5.41, 5.74) is 5.39. The van der Waals surface area contributed by atoms with Crippen LogP contribution in [0.5, 0.6) is 5.88 Å². The Labute approximate surface area is 323 Å². The number of ether oxygens (including phenoxy) is 1. The van der Waals surface area contributed by atoms with Crippen LogP contribution in [-0.4, -0.2) is 80.1 Å². The van der Waals surface area contributed by atoms with Crippen molar-refractivity contribution in [2.45, 2.75) is 64.1 Å². The second-order valence-electron chi connectivity index (χ2n) is 14.4. The first-order valence-electron chi connectivity index (χ1n) is 18.4. The lowest BCUT2D eigenvalue weighted by Gasteiger charge is -2.33. The van der Waals surface area contributed by atoms with Gasteiger partial charge in [0.25, 0.3) is 5.91 Å². The Balaban J connectivity index is 1.03. The lowest BCUT2D eigenvalue weighted by molar-refractivity contribution is -0.143. The molecule has 0 spiro atoms. The van der Waals surface area contributed by atoms with Crippen molar-refractivity contribution in [2.24, 2.45) is 18.9 Å². The van der Waals surface area contributed by atoms with E-state index >= 15 is 0 Å². The second kappa shape index (κ2) is 16.4. The van der Waals surface area contributed by atoms with Crippen molar-refractivity contribution in [1.29, 1.82) is 0 Å². The number of hydrogen-bond acceptors (Lipinski definition) is 9. The second-order valence-corrected chi connectivity index (χ2v) is 15.1. The molecule has 0 radical (unpaired) electrons. The minimum Gasteiger partial charge on any atom is -0.481 e. The lowest BCUT2D eigenvalue weighted by atomic mass is 9.81. The maximum absolute atomic E-state index is 13.7. The summed E-state index contributed by atoms with van der Waals surface area (Å²) in [7, 11) is 3.43. The number of carboxylic acid groups (broad SMARTS) is 1. The van der Waals surface area contributed by atoms with Gasteiger partial charge in [-0.3, -0.25) is 24.3 Å². The normalized spacial score (nSPS) is 20.0. The minimum absolute atomic E-state index is 0.0824. The number of nitrogens with zero attached hydrogens (tertiary/aromatic N) is 5. The molecular formula is C39H44Cl2N8O5. The number of aromatic nitrogens is 4. The molecule has 1 saturated heterocycles. The molecule has 284 valence electrons. The van der Waals surface area contributed by atoms with Crippen LogP contribution < -0.4 is 20.7 Å². The molecule has 1 unspecified atom stereocenters. The topological polar surface area (TPSA) is 164 Å². The fourth-order valence-electron chi connectivity index (χ4n) is 7.82. The first-order valence-corrected chi connectivity index (χ1v) is 19.1. The number of imidazole rings is 1. The van der Waals surface area contributed by atoms with Crippen molar-refractivity contribution in [3.05, 3.63) is 75.4 Å². The number of carbonyl (C=O) groups excluding carboxylic acids is 2. The summed E-state index contributed by atoms with van der Waals surface area (Å²) < 4.78 is 7.48. The van der Waals surface area contributed by atoms with Crippen LogP contribution in [0.25, 0.3) is 22.5 Å². The molecule has 2 amide bonds. The molecule has 1 saturated carbocycles. The van der Waals surface area contributed by atoms with Gasteiger partial charge in [0.1, 0.15) is 0 Å². The molecule has 13 nitrogen and oxygen atoms in total. The Morgan fingerprint density at radius 3 is 2.57 bits per heavy atom. The predicted octanol–water partition coefficient (Wildman–Crippen LogP) is 5.73. The largest absolute Gasteiger partial charge is 0.481 e. The maximum atomic E-state index is 13.7. The summed E-state index contributed by atoms with van der Waals surface area (Å²) in [5.74, 6) is 0.0236. The minimum atomic E-state index is -0.686. The first kappa shape index (κ1) is 37.7. The van der Waals surface area contributed by atoms with Gasteiger partial charge in [0.15, 0.2) is 5.82 Å². The quantitative estimate of drug-likeness (QED) is 0.140. The highest BCUT2D eigenvalue weighted by Crippen LogP contribution is 2.40. The molecular weight excluding hydrogens is 731 g/mol. The summed E-state index contributed by atoms with van der Waals surface area (Å²) in [6.45, 7) is 3.61. The van der Waals surface area contributed by atoms with E-state index in [-0.39, 0.29) is 28.8 Å². The Morgan fingerprint density at radius 1 is 1.02 bits per heavy atom. The third-order valence-corrected chi connectivity index (χ3v) is 11.6. The van der Waals surface area contributed by atoms with Crippen LogP contribution >= 0.6 is 23.2 Å². The van der Waals surface area contributed by atoms with Crippen molar-refractivity contribution in [3.8, 4) is 28.4 Å². The van der Waals surface area contributed by atoms with Gasteiger partial charge in [-0.05, 0) is 56.2 Å². The number of amides is 2. The van der Waals surface area contributed by atoms with Gasteiger partial charge in [-0.25, -0.2) is 9.97 Å². The van der Waals surface area contributed by atoms with Crippen molar-refractivity contribution in [2.75, 3.05) is 32.1 Å². The Kier molecular flexibility index (Phi) is 11.5. The highest BCUT2D eigenvalue weighted by atomic mass is 35.5. The molecule has 2 fully saturated rings. The van der Waals surface area contributed by atoms with Crippen molar-refractivity contribution < 1.29 is 24.2 Å². The van der Waals surface area contributed by atoms with Gasteiger partial charge >= 0.3 is 5.97 Å². The summed E-state index contributed by atoms with van der Waals surface area (Å²) in [5, 5.41) is 19.3. The molecule has 7 rings (SSSR count). The fourth-order valence-corrected chi connectivity index (χ4v) is 8.39. The Bertz CT molecular complexity index is 2060. The van der Waals surface area contributed by atoms with Gasteiger partial charge in [-0.1, -0.05) is 41.4 Å². The number of nitrogens with one attached hydrogen (secondary N) is 3. The zero-order valence-electron chi connectivity index (χ0n) is 30.3. The highest BCUT2D eigenvalue weighted by molar-refractivity contribution is 6.39. The fraction of sp³-hybridized carbons (Fsp3) is 0.436. The van der Waals surface area contributed by atoms with Crippen LogP contribution in [0.1, 0.15) is 66.1 Å². The average Bonchev–Trinajstić information content (AvgIpc) is 3.74. The molecule has 5 heterocycles. The third-order valence-electron chi connectivity index (χ3n) is 10.8. The summed E-state index contributed by atoms with van der Waals surface area (Å²) in [6.07, 6.45) is 7.05. The number of fused-ring (bicyclic) bond motifs is 1. The zero-order valence-corrected chi connectivity index (χ0v) is 31.8. The molecule has 54 heavy (non-hydrogen) atoms. The van der Waals surface area contributed by atoms with Gasteiger partial charge < -0.3 is 30.4 Å². The van der Waals surface area contributed by atoms with E-state index < -0.39 is 5.97 Å². The Morgan fingerprint density at radius 2 is 1.83 bits per heavy atom. The molecule has 0 bridgehead atoms. The molecule has 2 aliphatic heterocycles. The monoisotopic (exact) mass is 774 g/mol. The van der Waals surface area contributed by atoms with Crippen LogP contribution in [0.4, 0.5) is 5.69 Å². The summed E-state index contributed by atoms with van der Waals surface area (Å²) in [4.78, 5) is 53.0. The number of methoxy groups -OCH3 is 1. The lowest BCUT2D eigenvalue weighted by Crippen LogP contribution is -2.37. The van der Waals surface area contributed by atoms with E-state index in [1.807, 2.05) is 23.7 Å². The first-order chi connectivity index (χ1) is 26.1. The standard InChI is InChI=1S/C39H44Cl2N8O5/c1-48-31-21-49(20-22-6-8-23(9-7-22)39(52)53)17-15-29(31)45-36(48)37(51)46-30-5-3-4-27(33(30)40)35-34(41)26(14-16-43-35)28-12-10-24(38(47-28)54-2)18-42-19-25-11-13-32(50)44-25/h3-5,10,12,14,16,22-23,25,42H,6-9,11,13,15,17-21H2,1-2H3,(H,44,50)(H,46,51)(H,52,53). The van der Waals surface area contributed by atoms with Crippen LogP contribution in [0.2, 0.25) is 10.0 Å². The van der Waals surface area contributed by atoms with Crippen LogP contribution in [0.3, 0.4) is 0 Å². The van der Waals surface area contributed by atoms with E-state index in [1.165, 1.54) is 0 Å². The number of hydrogen-bond donors (Lipinski definition) is 4. The molecule has 4 N–H and O–H groups in total. The SMILES string of the molecule is COc1nc(-c2ccnc(-c3cccc(NC(=O)c4nc5c(n4C)CN(CC4CCC(C(=O)O)CC4)CC5)c3Cl)c2Cl)ccc1CNCC1CCC(=O)N1. The van der Waals surface area contributed by atoms with Crippen LogP contribution in [0, 0.1) is 11.8 Å². The molecule has 3 aliphatic rings. The number of rotatable bonds is 12. The molecule has 1 aromatic carbocycles. The number of anilines is 1. The van der Waals surface area contributed by atoms with E-state index in [4.69, 9.17) is 37.9 Å². The number of aliphatic carboxylic acids is 1. The number of carboxylic acids is 1. The molecule has 15 heteroatoms. The van der Waals surface area contributed by atoms with Crippen LogP contribution in [0.15, 0.2) is 42.6 Å². The van der Waals surface area contributed by atoms with E-state index in [1.54, 1.807) is 37.6 Å². The van der Waals surface area contributed by atoms with Gasteiger partial charge in [-0.15, -0.1) is 0 Å². The van der Waals surface area contributed by atoms with E-state index in [0.29, 0.717) is 76.9 Å². The van der Waals surface area contributed by atoms with E-state index in [0.717, 1.165) is 68.6 Å². The Hall–Kier alpha value is -4.56. The smallest absolute Gasteiger partial charge is 0.306 e. The summed E-state index contributed by atoms with van der Waals surface area (Å²) in [6, 6.07) is 11.0. The number of pyridine rings is 2. The highest BCUT2D eigenvalue weighted by Gasteiger charge is 2.30. The van der Waals surface area contributed by atoms with E-state index in [9.17, 15) is 19.5 Å².